The molecule has 0 saturated carbocycles. The third-order valence-electron chi connectivity index (χ3n) is 7.60. The van der Waals surface area contributed by atoms with Crippen LogP contribution in [-0.4, -0.2) is 77.7 Å². The molecule has 230 valence electrons. The molecule has 0 heterocycles. The van der Waals surface area contributed by atoms with Gasteiger partial charge in [-0.15, -0.1) is 0 Å². The first kappa shape index (κ1) is 34.2. The molecule has 3 N–H and O–H groups in total. The fourth-order valence-corrected chi connectivity index (χ4v) is 4.85. The largest absolute Gasteiger partial charge is 0.444 e. The van der Waals surface area contributed by atoms with Gasteiger partial charge in [0.25, 0.3) is 0 Å². The lowest BCUT2D eigenvalue weighted by molar-refractivity contribution is -0.135. The van der Waals surface area contributed by atoms with Crippen LogP contribution in [-0.2, 0) is 30.3 Å². The summed E-state index contributed by atoms with van der Waals surface area (Å²) in [6, 6.07) is 5.71. The summed E-state index contributed by atoms with van der Waals surface area (Å²) in [4.78, 5) is 53.6. The van der Waals surface area contributed by atoms with Crippen LogP contribution in [0, 0.1) is 5.92 Å². The Balaban J connectivity index is 2.15. The number of Topliss-reactive ketones (excluding diaryl/α,β-unsaturated/α-hetero) is 1. The van der Waals surface area contributed by atoms with Crippen LogP contribution in [0.4, 0.5) is 4.79 Å². The third kappa shape index (κ3) is 10.4. The number of carbonyl (C=O) groups excluding carboxylic acids is 4. The van der Waals surface area contributed by atoms with Crippen molar-refractivity contribution in [2.24, 2.45) is 5.92 Å². The van der Waals surface area contributed by atoms with Crippen molar-refractivity contribution in [1.82, 2.24) is 15.5 Å². The van der Waals surface area contributed by atoms with Crippen LogP contribution in [0.2, 0.25) is 0 Å². The number of fused-ring (bicyclic) bond motifs is 1. The van der Waals surface area contributed by atoms with Crippen LogP contribution in [0.25, 0.3) is 0 Å². The van der Waals surface area contributed by atoms with Crippen molar-refractivity contribution in [2.75, 3.05) is 14.2 Å². The van der Waals surface area contributed by atoms with Crippen molar-refractivity contribution in [2.45, 2.75) is 116 Å². The van der Waals surface area contributed by atoms with Gasteiger partial charge < -0.3 is 25.2 Å². The fraction of sp³-hybridized carbons (Fsp3) is 0.677. The summed E-state index contributed by atoms with van der Waals surface area (Å²) in [7, 11) is 3.02. The summed E-state index contributed by atoms with van der Waals surface area (Å²) in [5.74, 6) is -1.99. The zero-order chi connectivity index (χ0) is 30.9. The second kappa shape index (κ2) is 15.3. The lowest BCUT2D eigenvalue weighted by Gasteiger charge is -2.30. The highest BCUT2D eigenvalue weighted by Crippen LogP contribution is 2.30. The van der Waals surface area contributed by atoms with E-state index in [4.69, 9.17) is 9.47 Å². The van der Waals surface area contributed by atoms with Crippen LogP contribution in [0.3, 0.4) is 0 Å². The van der Waals surface area contributed by atoms with Gasteiger partial charge in [0.1, 0.15) is 17.7 Å². The number of ketones is 1. The van der Waals surface area contributed by atoms with Gasteiger partial charge in [0, 0.05) is 26.5 Å². The van der Waals surface area contributed by atoms with Gasteiger partial charge in [-0.2, -0.15) is 0 Å². The number of ether oxygens (including phenoxy) is 2. The fourth-order valence-electron chi connectivity index (χ4n) is 4.85. The molecular formula is C31H49N3O7. The second-order valence-electron chi connectivity index (χ2n) is 12.1. The van der Waals surface area contributed by atoms with Crippen molar-refractivity contribution >= 4 is 23.7 Å². The molecule has 0 saturated heterocycles. The van der Waals surface area contributed by atoms with Gasteiger partial charge in [0.15, 0.2) is 5.78 Å². The summed E-state index contributed by atoms with van der Waals surface area (Å²) in [6.45, 7) is 9.98. The molecule has 0 spiro atoms. The van der Waals surface area contributed by atoms with Gasteiger partial charge in [-0.25, -0.2) is 4.79 Å². The van der Waals surface area contributed by atoms with Gasteiger partial charge in [0.05, 0.1) is 18.2 Å². The Morgan fingerprint density at radius 3 is 2.34 bits per heavy atom. The van der Waals surface area contributed by atoms with Crippen molar-refractivity contribution in [3.8, 4) is 0 Å². The van der Waals surface area contributed by atoms with Crippen LogP contribution < -0.4 is 10.6 Å². The van der Waals surface area contributed by atoms with E-state index in [0.717, 1.165) is 29.7 Å². The maximum Gasteiger partial charge on any atom is 0.410 e. The monoisotopic (exact) mass is 575 g/mol. The minimum absolute atomic E-state index is 0.104. The van der Waals surface area contributed by atoms with E-state index in [1.807, 2.05) is 25.1 Å². The molecule has 41 heavy (non-hydrogen) atoms. The number of hydrogen-bond acceptors (Lipinski definition) is 7. The first-order chi connectivity index (χ1) is 19.1. The quantitative estimate of drug-likeness (QED) is 0.327. The van der Waals surface area contributed by atoms with Gasteiger partial charge in [0.2, 0.25) is 11.8 Å². The Morgan fingerprint density at radius 2 is 1.73 bits per heavy atom. The summed E-state index contributed by atoms with van der Waals surface area (Å²) in [6.07, 6.45) is 1.53. The molecule has 10 nitrogen and oxygen atoms in total. The van der Waals surface area contributed by atoms with Crippen molar-refractivity contribution in [1.29, 1.82) is 0 Å². The number of carbonyl (C=O) groups is 4. The van der Waals surface area contributed by atoms with Gasteiger partial charge >= 0.3 is 6.09 Å². The summed E-state index contributed by atoms with van der Waals surface area (Å²) >= 11 is 0. The minimum Gasteiger partial charge on any atom is -0.444 e. The molecular weight excluding hydrogens is 526 g/mol. The number of likely N-dealkylation sites (N-methyl/N-ethyl adjacent to an activating group) is 1. The number of aliphatic hydroxyl groups is 1. The number of aryl methyl sites for hydroxylation is 1. The molecule has 6 atom stereocenters. The molecule has 1 aromatic carbocycles. The molecule has 10 heteroatoms. The highest BCUT2D eigenvalue weighted by Gasteiger charge is 2.34. The first-order valence-corrected chi connectivity index (χ1v) is 14.5. The maximum atomic E-state index is 13.5. The SMILES string of the molecule is COC(C)CCC(CC(=O)[C@@H](NC(=O)[C@H](C)N(C)C(=O)OC(C)(C)C)C(C)O)C(=O)N[C@@H]1CCCc2ccccc21. The molecule has 3 amide bonds. The molecule has 0 aromatic heterocycles. The maximum absolute atomic E-state index is 13.5. The number of nitrogens with zero attached hydrogens (tertiary/aromatic N) is 1. The molecule has 1 aromatic rings. The first-order valence-electron chi connectivity index (χ1n) is 14.5. The minimum atomic E-state index is -1.25. The Bertz CT molecular complexity index is 1050. The van der Waals surface area contributed by atoms with Crippen molar-refractivity contribution in [3.05, 3.63) is 35.4 Å². The van der Waals surface area contributed by atoms with Gasteiger partial charge in [-0.05, 0) is 84.8 Å². The number of methoxy groups -OCH3 is 1. The van der Waals surface area contributed by atoms with E-state index in [0.29, 0.717) is 12.8 Å². The molecule has 1 aliphatic carbocycles. The second-order valence-corrected chi connectivity index (χ2v) is 12.1. The lowest BCUT2D eigenvalue weighted by atomic mass is 9.86. The number of hydrogen-bond donors (Lipinski definition) is 3. The van der Waals surface area contributed by atoms with Crippen LogP contribution in [0.1, 0.15) is 90.8 Å². The zero-order valence-corrected chi connectivity index (χ0v) is 25.9. The standard InChI is InChI=1S/C31H49N3O7/c1-19(40-8)16-17-23(29(38)32-25-15-11-13-22-12-9-10-14-24(22)25)18-26(36)27(21(3)35)33-28(37)20(2)34(7)30(39)41-31(4,5)6/h9-10,12,14,19-21,23,25,27,35H,11,13,15-18H2,1-8H3,(H,32,38)(H,33,37)/t19?,20-,21?,23?,25+,27-/m0/s1. The normalized spacial score (nSPS) is 18.6. The third-order valence-corrected chi connectivity index (χ3v) is 7.60. The van der Waals surface area contributed by atoms with Crippen molar-refractivity contribution < 1.29 is 33.8 Å². The lowest BCUT2D eigenvalue weighted by Crippen LogP contribution is -2.55. The number of amides is 3. The van der Waals surface area contributed by atoms with Crippen LogP contribution in [0.5, 0.6) is 0 Å². The van der Waals surface area contributed by atoms with Crippen molar-refractivity contribution in [3.63, 3.8) is 0 Å². The van der Waals surface area contributed by atoms with E-state index in [-0.39, 0.29) is 24.5 Å². The Hall–Kier alpha value is -2.98. The van der Waals surface area contributed by atoms with E-state index >= 15 is 0 Å². The Morgan fingerprint density at radius 1 is 1.07 bits per heavy atom. The van der Waals surface area contributed by atoms with Crippen LogP contribution in [0.15, 0.2) is 24.3 Å². The van der Waals surface area contributed by atoms with Crippen LogP contribution >= 0.6 is 0 Å². The molecule has 0 bridgehead atoms. The number of nitrogens with one attached hydrogen (secondary N) is 2. The predicted octanol–water partition coefficient (Wildman–Crippen LogP) is 3.69. The predicted molar refractivity (Wildman–Crippen MR) is 156 cm³/mol. The van der Waals surface area contributed by atoms with E-state index in [1.165, 1.54) is 26.5 Å². The smallest absolute Gasteiger partial charge is 0.410 e. The van der Waals surface area contributed by atoms with E-state index in [1.54, 1.807) is 27.9 Å². The molecule has 1 aliphatic rings. The topological polar surface area (TPSA) is 134 Å². The summed E-state index contributed by atoms with van der Waals surface area (Å²) < 4.78 is 10.7. The molecule has 2 rings (SSSR count). The molecule has 3 unspecified atom stereocenters. The van der Waals surface area contributed by atoms with E-state index < -0.39 is 47.5 Å². The Kier molecular flexibility index (Phi) is 12.8. The average molecular weight is 576 g/mol. The number of rotatable bonds is 13. The van der Waals surface area contributed by atoms with E-state index in [9.17, 15) is 24.3 Å². The number of benzene rings is 1. The zero-order valence-electron chi connectivity index (χ0n) is 25.9. The highest BCUT2D eigenvalue weighted by atomic mass is 16.6. The summed E-state index contributed by atoms with van der Waals surface area (Å²) in [5, 5.41) is 16.2. The van der Waals surface area contributed by atoms with Gasteiger partial charge in [-0.3, -0.25) is 19.3 Å². The number of aliphatic hydroxyl groups excluding tert-OH is 1. The molecule has 0 fully saturated rings. The highest BCUT2D eigenvalue weighted by molar-refractivity contribution is 5.94. The molecule has 0 radical (unpaired) electrons. The average Bonchev–Trinajstić information content (AvgIpc) is 2.91. The van der Waals surface area contributed by atoms with E-state index in [2.05, 4.69) is 16.7 Å². The Labute approximate surface area is 244 Å². The summed E-state index contributed by atoms with van der Waals surface area (Å²) in [5.41, 5.74) is 1.57. The van der Waals surface area contributed by atoms with Gasteiger partial charge in [-0.1, -0.05) is 24.3 Å². The molecule has 0 aliphatic heterocycles.